The van der Waals surface area contributed by atoms with E-state index >= 15 is 0 Å². The Labute approximate surface area is 154 Å². The number of anilines is 2. The Bertz CT molecular complexity index is 564. The van der Waals surface area contributed by atoms with Crippen LogP contribution < -0.4 is 10.2 Å². The Balaban J connectivity index is 1.50. The molecule has 3 heterocycles. The van der Waals surface area contributed by atoms with Crippen molar-refractivity contribution in [2.45, 2.75) is 32.6 Å². The first-order valence-electron chi connectivity index (χ1n) is 9.42. The minimum atomic E-state index is 0.342. The van der Waals surface area contributed by atoms with Gasteiger partial charge in [0.1, 0.15) is 18.0 Å². The van der Waals surface area contributed by atoms with Gasteiger partial charge in [0.2, 0.25) is 5.91 Å². The minimum Gasteiger partial charge on any atom is -0.370 e. The molecule has 0 unspecified atom stereocenters. The molecule has 7 heteroatoms. The van der Waals surface area contributed by atoms with E-state index in [4.69, 9.17) is 0 Å². The van der Waals surface area contributed by atoms with Crippen molar-refractivity contribution in [2.75, 3.05) is 54.4 Å². The molecule has 2 fully saturated rings. The van der Waals surface area contributed by atoms with E-state index in [0.717, 1.165) is 62.3 Å². The predicted molar refractivity (Wildman–Crippen MR) is 104 cm³/mol. The molecule has 0 bridgehead atoms. The van der Waals surface area contributed by atoms with E-state index in [9.17, 15) is 4.79 Å². The largest absolute Gasteiger partial charge is 0.370 e. The van der Waals surface area contributed by atoms with Gasteiger partial charge in [0.15, 0.2) is 0 Å². The highest BCUT2D eigenvalue weighted by Crippen LogP contribution is 2.26. The number of nitrogens with one attached hydrogen (secondary N) is 1. The van der Waals surface area contributed by atoms with Crippen LogP contribution in [0.15, 0.2) is 12.4 Å². The minimum absolute atomic E-state index is 0.342. The molecule has 25 heavy (non-hydrogen) atoms. The third kappa shape index (κ3) is 5.23. The van der Waals surface area contributed by atoms with Gasteiger partial charge in [0.05, 0.1) is 0 Å². The van der Waals surface area contributed by atoms with Crippen LogP contribution in [0.4, 0.5) is 11.6 Å². The third-order valence-electron chi connectivity index (χ3n) is 4.98. The van der Waals surface area contributed by atoms with Gasteiger partial charge in [0, 0.05) is 56.7 Å². The standard InChI is InChI=1S/C18H29N5OS/c1-2-19-16-12-17(21-14-20-16)23-7-3-4-15(13-23)5-6-18(24)22-8-10-25-11-9-22/h12,14-15H,2-11,13H2,1H3,(H,19,20,21)/t15-/m1/s1. The number of hydrogen-bond acceptors (Lipinski definition) is 6. The van der Waals surface area contributed by atoms with Crippen molar-refractivity contribution in [1.82, 2.24) is 14.9 Å². The fourth-order valence-corrected chi connectivity index (χ4v) is 4.51. The summed E-state index contributed by atoms with van der Waals surface area (Å²) in [5, 5.41) is 3.24. The van der Waals surface area contributed by atoms with Crippen LogP contribution in [0.5, 0.6) is 0 Å². The van der Waals surface area contributed by atoms with Crippen molar-refractivity contribution in [3.8, 4) is 0 Å². The average Bonchev–Trinajstić information content (AvgIpc) is 2.67. The molecule has 0 spiro atoms. The molecule has 1 atom stereocenters. The van der Waals surface area contributed by atoms with Gasteiger partial charge in [-0.15, -0.1) is 0 Å². The van der Waals surface area contributed by atoms with Crippen molar-refractivity contribution in [3.05, 3.63) is 12.4 Å². The highest BCUT2D eigenvalue weighted by Gasteiger charge is 2.23. The average molecular weight is 364 g/mol. The lowest BCUT2D eigenvalue weighted by Gasteiger charge is -2.34. The Morgan fingerprint density at radius 3 is 2.96 bits per heavy atom. The lowest BCUT2D eigenvalue weighted by molar-refractivity contribution is -0.131. The lowest BCUT2D eigenvalue weighted by atomic mass is 9.93. The van der Waals surface area contributed by atoms with Crippen LogP contribution in [-0.2, 0) is 4.79 Å². The summed E-state index contributed by atoms with van der Waals surface area (Å²) in [6, 6.07) is 2.03. The van der Waals surface area contributed by atoms with Crippen LogP contribution in [-0.4, -0.2) is 65.0 Å². The van der Waals surface area contributed by atoms with E-state index in [1.165, 1.54) is 12.8 Å². The predicted octanol–water partition coefficient (Wildman–Crippen LogP) is 2.48. The van der Waals surface area contributed by atoms with Gasteiger partial charge in [-0.05, 0) is 32.1 Å². The topological polar surface area (TPSA) is 61.4 Å². The third-order valence-corrected chi connectivity index (χ3v) is 5.93. The molecule has 2 aliphatic rings. The molecule has 0 aromatic carbocycles. The molecule has 2 aliphatic heterocycles. The van der Waals surface area contributed by atoms with E-state index in [1.54, 1.807) is 6.33 Å². The molecule has 1 amide bonds. The summed E-state index contributed by atoms with van der Waals surface area (Å²) in [5.74, 6) is 4.97. The van der Waals surface area contributed by atoms with Crippen molar-refractivity contribution in [2.24, 2.45) is 5.92 Å². The van der Waals surface area contributed by atoms with Crippen LogP contribution >= 0.6 is 11.8 Å². The number of carbonyl (C=O) groups is 1. The normalized spacial score (nSPS) is 21.2. The van der Waals surface area contributed by atoms with Gasteiger partial charge in [-0.25, -0.2) is 9.97 Å². The van der Waals surface area contributed by atoms with Crippen LogP contribution in [0.2, 0.25) is 0 Å². The second-order valence-electron chi connectivity index (χ2n) is 6.78. The van der Waals surface area contributed by atoms with Gasteiger partial charge < -0.3 is 15.1 Å². The quantitative estimate of drug-likeness (QED) is 0.838. The van der Waals surface area contributed by atoms with Crippen molar-refractivity contribution in [1.29, 1.82) is 0 Å². The van der Waals surface area contributed by atoms with Gasteiger partial charge in [-0.3, -0.25) is 4.79 Å². The summed E-state index contributed by atoms with van der Waals surface area (Å²) < 4.78 is 0. The Kier molecular flexibility index (Phi) is 6.78. The first-order valence-corrected chi connectivity index (χ1v) is 10.6. The molecule has 0 aliphatic carbocycles. The summed E-state index contributed by atoms with van der Waals surface area (Å²) in [6.45, 7) is 6.80. The zero-order valence-electron chi connectivity index (χ0n) is 15.1. The maximum Gasteiger partial charge on any atom is 0.222 e. The molecule has 6 nitrogen and oxygen atoms in total. The molecule has 0 saturated carbocycles. The number of piperidine rings is 1. The van der Waals surface area contributed by atoms with Crippen LogP contribution in [0.3, 0.4) is 0 Å². The second kappa shape index (κ2) is 9.27. The molecule has 0 radical (unpaired) electrons. The van der Waals surface area contributed by atoms with E-state index < -0.39 is 0 Å². The fraction of sp³-hybridized carbons (Fsp3) is 0.722. The Morgan fingerprint density at radius 1 is 1.32 bits per heavy atom. The van der Waals surface area contributed by atoms with Crippen LogP contribution in [0.25, 0.3) is 0 Å². The number of rotatable bonds is 6. The summed E-state index contributed by atoms with van der Waals surface area (Å²) in [7, 11) is 0. The number of amides is 1. The van der Waals surface area contributed by atoms with Gasteiger partial charge in [0.25, 0.3) is 0 Å². The summed E-state index contributed by atoms with van der Waals surface area (Å²) in [6.07, 6.45) is 5.69. The fourth-order valence-electron chi connectivity index (χ4n) is 3.61. The molecule has 1 aromatic rings. The highest BCUT2D eigenvalue weighted by atomic mass is 32.2. The molecule has 1 aromatic heterocycles. The number of aromatic nitrogens is 2. The van der Waals surface area contributed by atoms with Crippen molar-refractivity contribution in [3.63, 3.8) is 0 Å². The number of carbonyl (C=O) groups excluding carboxylic acids is 1. The molecule has 1 N–H and O–H groups in total. The van der Waals surface area contributed by atoms with Crippen molar-refractivity contribution >= 4 is 29.3 Å². The first-order chi connectivity index (χ1) is 12.3. The van der Waals surface area contributed by atoms with E-state index in [-0.39, 0.29) is 0 Å². The number of nitrogens with zero attached hydrogens (tertiary/aromatic N) is 4. The van der Waals surface area contributed by atoms with E-state index in [1.807, 2.05) is 22.7 Å². The van der Waals surface area contributed by atoms with Crippen LogP contribution in [0, 0.1) is 5.92 Å². The number of thioether (sulfide) groups is 1. The van der Waals surface area contributed by atoms with Crippen molar-refractivity contribution < 1.29 is 4.79 Å². The SMILES string of the molecule is CCNc1cc(N2CCC[C@H](CCC(=O)N3CCSCC3)C2)ncn1. The zero-order valence-corrected chi connectivity index (χ0v) is 15.9. The summed E-state index contributed by atoms with van der Waals surface area (Å²) in [5.41, 5.74) is 0. The van der Waals surface area contributed by atoms with Gasteiger partial charge in [-0.1, -0.05) is 0 Å². The maximum absolute atomic E-state index is 12.4. The van der Waals surface area contributed by atoms with Crippen LogP contribution in [0.1, 0.15) is 32.6 Å². The van der Waals surface area contributed by atoms with Gasteiger partial charge >= 0.3 is 0 Å². The smallest absolute Gasteiger partial charge is 0.222 e. The lowest BCUT2D eigenvalue weighted by Crippen LogP contribution is -2.39. The molecular formula is C18H29N5OS. The second-order valence-corrected chi connectivity index (χ2v) is 8.00. The number of hydrogen-bond donors (Lipinski definition) is 1. The molecule has 3 rings (SSSR count). The van der Waals surface area contributed by atoms with E-state index in [0.29, 0.717) is 18.2 Å². The Hall–Kier alpha value is -1.50. The molecular weight excluding hydrogens is 334 g/mol. The first kappa shape index (κ1) is 18.3. The summed E-state index contributed by atoms with van der Waals surface area (Å²) >= 11 is 1.95. The monoisotopic (exact) mass is 363 g/mol. The highest BCUT2D eigenvalue weighted by molar-refractivity contribution is 7.99. The zero-order chi connectivity index (χ0) is 17.5. The molecule has 2 saturated heterocycles. The maximum atomic E-state index is 12.4. The molecule has 138 valence electrons. The van der Waals surface area contributed by atoms with E-state index in [2.05, 4.69) is 27.1 Å². The Morgan fingerprint density at radius 2 is 2.16 bits per heavy atom. The summed E-state index contributed by atoms with van der Waals surface area (Å²) in [4.78, 5) is 25.5. The van der Waals surface area contributed by atoms with Gasteiger partial charge in [-0.2, -0.15) is 11.8 Å².